The zero-order valence-electron chi connectivity index (χ0n) is 17.2. The van der Waals surface area contributed by atoms with E-state index in [4.69, 9.17) is 0 Å². The number of amides is 1. The maximum absolute atomic E-state index is 12.4. The molecular formula is C22H28N4O2. The van der Waals surface area contributed by atoms with Crippen LogP contribution in [0, 0.1) is 5.41 Å². The lowest BCUT2D eigenvalue weighted by Gasteiger charge is -2.28. The van der Waals surface area contributed by atoms with E-state index in [-0.39, 0.29) is 5.91 Å². The SMILES string of the molecule is CN(C(=O)C(C)(C)O)c1ccc2cc(-c3n[nH]c4c3CCC(C)(C)C4)[nH]c2c1. The molecule has 0 atom stereocenters. The van der Waals surface area contributed by atoms with Gasteiger partial charge in [-0.2, -0.15) is 5.10 Å². The minimum Gasteiger partial charge on any atom is -0.381 e. The molecule has 6 heteroatoms. The van der Waals surface area contributed by atoms with Gasteiger partial charge in [0.05, 0.1) is 5.69 Å². The molecule has 1 aromatic carbocycles. The Morgan fingerprint density at radius 1 is 1.29 bits per heavy atom. The van der Waals surface area contributed by atoms with Gasteiger partial charge in [0.2, 0.25) is 0 Å². The van der Waals surface area contributed by atoms with E-state index in [9.17, 15) is 9.90 Å². The zero-order valence-corrected chi connectivity index (χ0v) is 17.2. The maximum Gasteiger partial charge on any atom is 0.258 e. The number of anilines is 1. The fourth-order valence-electron chi connectivity index (χ4n) is 4.05. The summed E-state index contributed by atoms with van der Waals surface area (Å²) in [6, 6.07) is 7.92. The highest BCUT2D eigenvalue weighted by molar-refractivity contribution is 6.00. The molecule has 1 aliphatic rings. The molecule has 2 heterocycles. The van der Waals surface area contributed by atoms with Crippen LogP contribution in [0.2, 0.25) is 0 Å². The number of nitrogens with one attached hydrogen (secondary N) is 2. The number of hydrogen-bond donors (Lipinski definition) is 3. The molecule has 1 amide bonds. The van der Waals surface area contributed by atoms with Gasteiger partial charge in [0.15, 0.2) is 0 Å². The van der Waals surface area contributed by atoms with Gasteiger partial charge >= 0.3 is 0 Å². The van der Waals surface area contributed by atoms with E-state index in [0.717, 1.165) is 47.2 Å². The second-order valence-electron chi connectivity index (χ2n) is 9.25. The van der Waals surface area contributed by atoms with E-state index in [1.807, 2.05) is 18.2 Å². The van der Waals surface area contributed by atoms with E-state index in [1.54, 1.807) is 7.05 Å². The van der Waals surface area contributed by atoms with Crippen LogP contribution in [0.15, 0.2) is 24.3 Å². The van der Waals surface area contributed by atoms with Gasteiger partial charge in [-0.15, -0.1) is 0 Å². The van der Waals surface area contributed by atoms with Crippen LogP contribution >= 0.6 is 0 Å². The molecule has 1 aliphatic carbocycles. The van der Waals surface area contributed by atoms with Gasteiger partial charge in [-0.25, -0.2) is 0 Å². The second-order valence-corrected chi connectivity index (χ2v) is 9.25. The first-order chi connectivity index (χ1) is 13.0. The van der Waals surface area contributed by atoms with Crippen molar-refractivity contribution in [1.82, 2.24) is 15.2 Å². The van der Waals surface area contributed by atoms with Crippen LogP contribution in [0.4, 0.5) is 5.69 Å². The Balaban J connectivity index is 1.69. The standard InChI is InChI=1S/C22H28N4O2/c1-21(2)9-8-15-18(12-21)24-25-19(15)17-10-13-6-7-14(11-16(13)23-17)26(5)20(27)22(3,4)28/h6-7,10-11,23,28H,8-9,12H2,1-5H3,(H,24,25). The van der Waals surface area contributed by atoms with Gasteiger partial charge in [0, 0.05) is 34.9 Å². The van der Waals surface area contributed by atoms with E-state index in [1.165, 1.54) is 30.0 Å². The number of carbonyl (C=O) groups is 1. The molecule has 0 spiro atoms. The number of aromatic amines is 2. The van der Waals surface area contributed by atoms with E-state index < -0.39 is 5.60 Å². The Labute approximate surface area is 165 Å². The summed E-state index contributed by atoms with van der Waals surface area (Å²) >= 11 is 0. The van der Waals surface area contributed by atoms with Gasteiger partial charge in [-0.1, -0.05) is 19.9 Å². The Hall–Kier alpha value is -2.60. The largest absolute Gasteiger partial charge is 0.381 e. The first-order valence-corrected chi connectivity index (χ1v) is 9.75. The van der Waals surface area contributed by atoms with Crippen LogP contribution in [0.25, 0.3) is 22.3 Å². The number of carbonyl (C=O) groups excluding carboxylic acids is 1. The van der Waals surface area contributed by atoms with Crippen molar-refractivity contribution in [3.05, 3.63) is 35.5 Å². The first-order valence-electron chi connectivity index (χ1n) is 9.75. The monoisotopic (exact) mass is 380 g/mol. The maximum atomic E-state index is 12.4. The highest BCUT2D eigenvalue weighted by Gasteiger charge is 2.30. The van der Waals surface area contributed by atoms with Crippen molar-refractivity contribution >= 4 is 22.5 Å². The fourth-order valence-corrected chi connectivity index (χ4v) is 4.05. The number of hydrogen-bond acceptors (Lipinski definition) is 3. The molecule has 3 aromatic rings. The van der Waals surface area contributed by atoms with Crippen molar-refractivity contribution in [1.29, 1.82) is 0 Å². The fraction of sp³-hybridized carbons (Fsp3) is 0.455. The summed E-state index contributed by atoms with van der Waals surface area (Å²) in [5.41, 5.74) is 5.09. The van der Waals surface area contributed by atoms with Gasteiger partial charge in [-0.05, 0) is 56.7 Å². The van der Waals surface area contributed by atoms with Crippen molar-refractivity contribution in [3.8, 4) is 11.4 Å². The van der Waals surface area contributed by atoms with E-state index in [0.29, 0.717) is 5.41 Å². The number of H-pyrrole nitrogens is 2. The van der Waals surface area contributed by atoms with Crippen LogP contribution in [0.1, 0.15) is 45.4 Å². The van der Waals surface area contributed by atoms with Crippen molar-refractivity contribution in [2.75, 3.05) is 11.9 Å². The number of nitrogens with zero attached hydrogens (tertiary/aromatic N) is 2. The predicted octanol–water partition coefficient (Wildman–Crippen LogP) is 3.81. The molecule has 0 bridgehead atoms. The summed E-state index contributed by atoms with van der Waals surface area (Å²) in [5.74, 6) is -0.345. The molecule has 148 valence electrons. The number of rotatable bonds is 3. The van der Waals surface area contributed by atoms with Crippen molar-refractivity contribution < 1.29 is 9.90 Å². The molecule has 0 aliphatic heterocycles. The summed E-state index contributed by atoms with van der Waals surface area (Å²) in [6.07, 6.45) is 3.20. The number of benzene rings is 1. The van der Waals surface area contributed by atoms with Crippen molar-refractivity contribution in [3.63, 3.8) is 0 Å². The molecule has 2 aromatic heterocycles. The number of likely N-dealkylation sites (N-methyl/N-ethyl adjacent to an activating group) is 1. The highest BCUT2D eigenvalue weighted by Crippen LogP contribution is 2.38. The summed E-state index contributed by atoms with van der Waals surface area (Å²) < 4.78 is 0. The van der Waals surface area contributed by atoms with E-state index >= 15 is 0 Å². The molecule has 6 nitrogen and oxygen atoms in total. The van der Waals surface area contributed by atoms with Crippen molar-refractivity contribution in [2.24, 2.45) is 5.41 Å². The number of aromatic nitrogens is 3. The lowest BCUT2D eigenvalue weighted by Crippen LogP contribution is -2.43. The summed E-state index contributed by atoms with van der Waals surface area (Å²) in [6.45, 7) is 7.59. The third-order valence-corrected chi connectivity index (χ3v) is 5.74. The number of aliphatic hydroxyl groups is 1. The Morgan fingerprint density at radius 3 is 2.75 bits per heavy atom. The molecule has 3 N–H and O–H groups in total. The molecule has 0 fully saturated rings. The molecule has 0 radical (unpaired) electrons. The summed E-state index contributed by atoms with van der Waals surface area (Å²) in [7, 11) is 1.68. The molecule has 0 saturated heterocycles. The van der Waals surface area contributed by atoms with Crippen molar-refractivity contribution in [2.45, 2.75) is 52.6 Å². The Bertz CT molecular complexity index is 1050. The van der Waals surface area contributed by atoms with Gasteiger partial charge in [-0.3, -0.25) is 9.89 Å². The number of fused-ring (bicyclic) bond motifs is 2. The summed E-state index contributed by atoms with van der Waals surface area (Å²) in [4.78, 5) is 17.3. The second kappa shape index (κ2) is 6.21. The van der Waals surface area contributed by atoms with Crippen LogP contribution in [0.5, 0.6) is 0 Å². The van der Waals surface area contributed by atoms with Crippen LogP contribution in [0.3, 0.4) is 0 Å². The quantitative estimate of drug-likeness (QED) is 0.646. The minimum absolute atomic E-state index is 0.309. The molecule has 0 saturated carbocycles. The van der Waals surface area contributed by atoms with Gasteiger partial charge in [0.25, 0.3) is 5.91 Å². The third-order valence-electron chi connectivity index (χ3n) is 5.74. The minimum atomic E-state index is -1.41. The summed E-state index contributed by atoms with van der Waals surface area (Å²) in [5, 5.41) is 18.9. The predicted molar refractivity (Wildman–Crippen MR) is 111 cm³/mol. The highest BCUT2D eigenvalue weighted by atomic mass is 16.3. The molecule has 4 rings (SSSR count). The average Bonchev–Trinajstić information content (AvgIpc) is 3.20. The van der Waals surface area contributed by atoms with Crippen LogP contribution < -0.4 is 4.90 Å². The lowest BCUT2D eigenvalue weighted by molar-refractivity contribution is -0.133. The lowest BCUT2D eigenvalue weighted by atomic mass is 9.76. The topological polar surface area (TPSA) is 85.0 Å². The first kappa shape index (κ1) is 18.7. The van der Waals surface area contributed by atoms with Crippen LogP contribution in [-0.4, -0.2) is 38.8 Å². The average molecular weight is 380 g/mol. The normalized spacial score (nSPS) is 16.2. The smallest absolute Gasteiger partial charge is 0.258 e. The van der Waals surface area contributed by atoms with Gasteiger partial charge < -0.3 is 15.0 Å². The Morgan fingerprint density at radius 2 is 2.04 bits per heavy atom. The third kappa shape index (κ3) is 3.22. The van der Waals surface area contributed by atoms with E-state index in [2.05, 4.69) is 35.1 Å². The molecule has 28 heavy (non-hydrogen) atoms. The zero-order chi connectivity index (χ0) is 20.3. The Kier molecular flexibility index (Phi) is 4.16. The van der Waals surface area contributed by atoms with Gasteiger partial charge in [0.1, 0.15) is 11.3 Å². The molecular weight excluding hydrogens is 352 g/mol. The molecule has 0 unspecified atom stereocenters. The van der Waals surface area contributed by atoms with Crippen LogP contribution in [-0.2, 0) is 17.6 Å².